The van der Waals surface area contributed by atoms with Gasteiger partial charge < -0.3 is 9.80 Å². The molecule has 10 nitrogen and oxygen atoms in total. The van der Waals surface area contributed by atoms with Gasteiger partial charge >= 0.3 is 0 Å². The van der Waals surface area contributed by atoms with Gasteiger partial charge in [0, 0.05) is 81.0 Å². The third-order valence-electron chi connectivity index (χ3n) is 9.81. The molecule has 0 N–H and O–H groups in total. The maximum Gasteiger partial charge on any atom is 0.249 e. The number of thiazole rings is 2. The molecule has 0 aliphatic carbocycles. The molecule has 328 valence electrons. The second-order valence-corrected chi connectivity index (χ2v) is 20.3. The van der Waals surface area contributed by atoms with Gasteiger partial charge in [-0.3, -0.25) is 0 Å². The Bertz CT molecular complexity index is 2740. The summed E-state index contributed by atoms with van der Waals surface area (Å²) < 4.78 is 136. The van der Waals surface area contributed by atoms with E-state index in [0.717, 1.165) is 67.1 Å². The van der Waals surface area contributed by atoms with Crippen molar-refractivity contribution < 1.29 is 43.2 Å². The lowest BCUT2D eigenvalue weighted by molar-refractivity contribution is 0.378. The summed E-state index contributed by atoms with van der Waals surface area (Å²) in [6, 6.07) is 14.8. The fourth-order valence-electron chi connectivity index (χ4n) is 6.78. The van der Waals surface area contributed by atoms with Crippen LogP contribution < -0.4 is 9.80 Å². The molecule has 0 amide bonds. The van der Waals surface area contributed by atoms with Crippen LogP contribution in [0.2, 0.25) is 10.0 Å². The van der Waals surface area contributed by atoms with Gasteiger partial charge in [0.1, 0.15) is 34.9 Å². The summed E-state index contributed by atoms with van der Waals surface area (Å²) in [6.45, 7) is 1.64. The van der Waals surface area contributed by atoms with Crippen LogP contribution in [0.15, 0.2) is 93.3 Å². The second-order valence-electron chi connectivity index (χ2n) is 14.0. The molecule has 22 heteroatoms. The fourth-order valence-corrected chi connectivity index (χ4v) is 12.0. The molecule has 2 aromatic heterocycles. The van der Waals surface area contributed by atoms with Crippen LogP contribution in [0.4, 0.5) is 36.6 Å². The molecule has 0 radical (unpaired) electrons. The van der Waals surface area contributed by atoms with E-state index in [2.05, 4.69) is 9.97 Å². The summed E-state index contributed by atoms with van der Waals surface area (Å²) in [5.74, 6) is -5.32. The average molecular weight is 976 g/mol. The van der Waals surface area contributed by atoms with Gasteiger partial charge in [-0.2, -0.15) is 8.61 Å². The third-order valence-corrected chi connectivity index (χ3v) is 16.1. The highest BCUT2D eigenvalue weighted by Crippen LogP contribution is 2.30. The molecule has 4 aromatic carbocycles. The Morgan fingerprint density at radius 1 is 0.532 bits per heavy atom. The van der Waals surface area contributed by atoms with Gasteiger partial charge in [-0.05, 0) is 65.7 Å². The second kappa shape index (κ2) is 19.2. The molecule has 0 spiro atoms. The maximum atomic E-state index is 14.0. The summed E-state index contributed by atoms with van der Waals surface area (Å²) in [6.07, 6.45) is 0.895. The lowest BCUT2D eigenvalue weighted by Gasteiger charge is -2.33. The maximum absolute atomic E-state index is 14.0. The van der Waals surface area contributed by atoms with Gasteiger partial charge in [0.15, 0.2) is 20.1 Å². The van der Waals surface area contributed by atoms with E-state index in [1.807, 2.05) is 20.6 Å². The molecule has 2 saturated heterocycles. The minimum absolute atomic E-state index is 0.0524. The third kappa shape index (κ3) is 10.4. The predicted molar refractivity (Wildman–Crippen MR) is 227 cm³/mol. The van der Waals surface area contributed by atoms with E-state index in [4.69, 9.17) is 23.2 Å². The number of halogens is 8. The van der Waals surface area contributed by atoms with Crippen molar-refractivity contribution in [3.05, 3.63) is 151 Å². The molecule has 8 rings (SSSR count). The van der Waals surface area contributed by atoms with Crippen molar-refractivity contribution in [3.8, 4) is 0 Å². The molecule has 2 aliphatic heterocycles. The highest BCUT2D eigenvalue weighted by molar-refractivity contribution is 7.89. The number of rotatable bonds is 10. The Morgan fingerprint density at radius 2 is 0.968 bits per heavy atom. The monoisotopic (exact) mass is 974 g/mol. The largest absolute Gasteiger partial charge is 0.345 e. The topological polar surface area (TPSA) is 107 Å². The molecule has 62 heavy (non-hydrogen) atoms. The van der Waals surface area contributed by atoms with Gasteiger partial charge in [-0.1, -0.05) is 41.4 Å². The highest BCUT2D eigenvalue weighted by Gasteiger charge is 2.35. The lowest BCUT2D eigenvalue weighted by atomic mass is 10.1. The van der Waals surface area contributed by atoms with Crippen LogP contribution in [0.5, 0.6) is 0 Å². The zero-order valence-electron chi connectivity index (χ0n) is 32.1. The number of piperazine rings is 2. The Hall–Kier alpha value is -4.28. The SMILES string of the molecule is O=S(=O)(c1c(F)cccc1F)N1CCN(c2nc(Cc3cc(F)cc(Cl)c3)cs2)CC1.O=S(=O)(c1c(F)cccc1F)N1CCN(c2nc(Cc3ccc(F)c(Cl)c3)cs2)CC1. The first-order valence-electron chi connectivity index (χ1n) is 18.7. The van der Waals surface area contributed by atoms with Gasteiger partial charge in [0.05, 0.1) is 16.4 Å². The quantitative estimate of drug-likeness (QED) is 0.126. The van der Waals surface area contributed by atoms with E-state index in [0.29, 0.717) is 54.7 Å². The summed E-state index contributed by atoms with van der Waals surface area (Å²) in [5.41, 5.74) is 3.05. The Labute approximate surface area is 371 Å². The van der Waals surface area contributed by atoms with Crippen molar-refractivity contribution in [2.45, 2.75) is 22.6 Å². The first kappa shape index (κ1) is 45.7. The molecule has 0 unspecified atom stereocenters. The smallest absolute Gasteiger partial charge is 0.249 e. The Balaban J connectivity index is 0.000000186. The summed E-state index contributed by atoms with van der Waals surface area (Å²) in [5, 5.41) is 5.52. The number of anilines is 2. The molecule has 4 heterocycles. The Morgan fingerprint density at radius 3 is 1.39 bits per heavy atom. The summed E-state index contributed by atoms with van der Waals surface area (Å²) in [7, 11) is -8.56. The van der Waals surface area contributed by atoms with Crippen molar-refractivity contribution >= 4 is 76.2 Å². The van der Waals surface area contributed by atoms with Crippen LogP contribution in [-0.2, 0) is 32.9 Å². The molecule has 2 aliphatic rings. The van der Waals surface area contributed by atoms with E-state index in [-0.39, 0.29) is 31.2 Å². The van der Waals surface area contributed by atoms with E-state index in [9.17, 15) is 43.2 Å². The van der Waals surface area contributed by atoms with Gasteiger partial charge in [0.25, 0.3) is 0 Å². The minimum Gasteiger partial charge on any atom is -0.345 e. The van der Waals surface area contributed by atoms with Crippen molar-refractivity contribution in [3.63, 3.8) is 0 Å². The Kier molecular flexibility index (Phi) is 14.2. The predicted octanol–water partition coefficient (Wildman–Crippen LogP) is 8.63. The van der Waals surface area contributed by atoms with Crippen molar-refractivity contribution in [2.75, 3.05) is 62.2 Å². The fraction of sp³-hybridized carbons (Fsp3) is 0.250. The molecule has 0 saturated carbocycles. The molecular formula is C40H34Cl2F6N6O4S4. The van der Waals surface area contributed by atoms with Crippen molar-refractivity contribution in [1.82, 2.24) is 18.6 Å². The van der Waals surface area contributed by atoms with E-state index >= 15 is 0 Å². The first-order chi connectivity index (χ1) is 29.5. The lowest BCUT2D eigenvalue weighted by Crippen LogP contribution is -2.49. The summed E-state index contributed by atoms with van der Waals surface area (Å²) in [4.78, 5) is 11.1. The highest BCUT2D eigenvalue weighted by atomic mass is 35.5. The number of sulfonamides is 2. The number of nitrogens with zero attached hydrogens (tertiary/aromatic N) is 6. The van der Waals surface area contributed by atoms with E-state index in [1.54, 1.807) is 18.2 Å². The molecular weight excluding hydrogens is 942 g/mol. The molecule has 2 fully saturated rings. The van der Waals surface area contributed by atoms with E-state index < -0.39 is 64.7 Å². The molecule has 6 aromatic rings. The van der Waals surface area contributed by atoms with Crippen LogP contribution in [0.1, 0.15) is 22.5 Å². The molecule has 0 atom stereocenters. The number of aromatic nitrogens is 2. The van der Waals surface area contributed by atoms with E-state index in [1.165, 1.54) is 40.9 Å². The zero-order valence-corrected chi connectivity index (χ0v) is 36.9. The average Bonchev–Trinajstić information content (AvgIpc) is 3.89. The normalized spacial score (nSPS) is 15.4. The van der Waals surface area contributed by atoms with Crippen LogP contribution in [-0.4, -0.2) is 87.8 Å². The van der Waals surface area contributed by atoms with Gasteiger partial charge in [-0.15, -0.1) is 22.7 Å². The van der Waals surface area contributed by atoms with Crippen LogP contribution in [0.25, 0.3) is 0 Å². The number of benzene rings is 4. The van der Waals surface area contributed by atoms with Gasteiger partial charge in [0.2, 0.25) is 20.0 Å². The van der Waals surface area contributed by atoms with Crippen LogP contribution in [0.3, 0.4) is 0 Å². The molecule has 0 bridgehead atoms. The first-order valence-corrected chi connectivity index (χ1v) is 24.0. The van der Waals surface area contributed by atoms with Crippen molar-refractivity contribution in [1.29, 1.82) is 0 Å². The van der Waals surface area contributed by atoms with Gasteiger partial charge in [-0.25, -0.2) is 53.1 Å². The number of hydrogen-bond acceptors (Lipinski definition) is 10. The summed E-state index contributed by atoms with van der Waals surface area (Å²) >= 11 is 14.5. The standard InChI is InChI=1S/2C20H17ClF3N3O2S2/c21-14-8-13(9-15(22)11-14)10-16-12-30-20(25-16)26-4-6-27(7-5-26)31(28,29)19-17(23)2-1-3-18(19)24;21-15-11-13(4-5-16(15)22)10-14-12-30-20(25-14)26-6-8-27(9-7-26)31(28,29)19-17(23)2-1-3-18(19)24/h1-3,8-9,11-12H,4-7,10H2;1-5,11-12H,6-10H2. The van der Waals surface area contributed by atoms with Crippen molar-refractivity contribution in [2.24, 2.45) is 0 Å². The van der Waals surface area contributed by atoms with Crippen LogP contribution in [0, 0.1) is 34.9 Å². The number of hydrogen-bond donors (Lipinski definition) is 0. The van der Waals surface area contributed by atoms with Crippen LogP contribution >= 0.6 is 45.9 Å². The minimum atomic E-state index is -4.28. The zero-order chi connectivity index (χ0) is 44.3.